The number of sulfonamides is 1. The number of esters is 1. The number of carbonyl (C=O) groups excluding carboxylic acids is 1. The number of benzene rings is 2. The Morgan fingerprint density at radius 2 is 1.90 bits per heavy atom. The van der Waals surface area contributed by atoms with Crippen molar-refractivity contribution in [1.82, 2.24) is 10.2 Å². The van der Waals surface area contributed by atoms with Gasteiger partial charge in [0.1, 0.15) is 0 Å². The van der Waals surface area contributed by atoms with Crippen LogP contribution in [0.5, 0.6) is 0 Å². The molecule has 0 bridgehead atoms. The molecule has 29 heavy (non-hydrogen) atoms. The van der Waals surface area contributed by atoms with E-state index in [0.717, 1.165) is 6.07 Å². The van der Waals surface area contributed by atoms with E-state index < -0.39 is 20.9 Å². The molecule has 0 aliphatic heterocycles. The highest BCUT2D eigenvalue weighted by atomic mass is 32.2. The smallest absolute Gasteiger partial charge is 0.338 e. The van der Waals surface area contributed by atoms with Crippen molar-refractivity contribution in [2.75, 3.05) is 0 Å². The zero-order valence-corrected chi connectivity index (χ0v) is 15.8. The molecule has 3 rings (SSSR count). The molecular weight excluding hydrogens is 404 g/mol. The number of nitro benzene ring substituents is 1. The van der Waals surface area contributed by atoms with Crippen LogP contribution in [-0.2, 0) is 21.4 Å². The lowest BCUT2D eigenvalue weighted by atomic mass is 10.1. The Balaban J connectivity index is 1.71. The fourth-order valence-corrected chi connectivity index (χ4v) is 2.90. The summed E-state index contributed by atoms with van der Waals surface area (Å²) in [6, 6.07) is 9.34. The molecule has 0 saturated carbocycles. The highest BCUT2D eigenvalue weighted by Crippen LogP contribution is 2.22. The minimum atomic E-state index is -3.97. The number of hydrogen-bond donors (Lipinski definition) is 1. The molecule has 3 aromatic rings. The van der Waals surface area contributed by atoms with Gasteiger partial charge in [-0.25, -0.2) is 18.4 Å². The second kappa shape index (κ2) is 7.77. The van der Waals surface area contributed by atoms with Gasteiger partial charge in [-0.15, -0.1) is 10.2 Å². The molecule has 1 heterocycles. The van der Waals surface area contributed by atoms with Gasteiger partial charge in [0.15, 0.2) is 6.61 Å². The van der Waals surface area contributed by atoms with E-state index in [1.54, 1.807) is 6.92 Å². The molecule has 12 heteroatoms. The van der Waals surface area contributed by atoms with E-state index in [-0.39, 0.29) is 34.5 Å². The van der Waals surface area contributed by atoms with Gasteiger partial charge in [0, 0.05) is 17.7 Å². The van der Waals surface area contributed by atoms with Crippen molar-refractivity contribution in [2.45, 2.75) is 18.4 Å². The van der Waals surface area contributed by atoms with E-state index in [4.69, 9.17) is 14.3 Å². The quantitative estimate of drug-likeness (QED) is 0.357. The number of nitrogens with zero attached hydrogens (tertiary/aromatic N) is 3. The molecule has 0 aliphatic rings. The third kappa shape index (κ3) is 4.62. The van der Waals surface area contributed by atoms with Gasteiger partial charge in [-0.1, -0.05) is 6.07 Å². The molecule has 11 nitrogen and oxygen atoms in total. The van der Waals surface area contributed by atoms with Crippen LogP contribution in [0.2, 0.25) is 0 Å². The van der Waals surface area contributed by atoms with Gasteiger partial charge in [0.2, 0.25) is 15.9 Å². The van der Waals surface area contributed by atoms with Crippen molar-refractivity contribution < 1.29 is 27.3 Å². The fraction of sp³-hybridized carbons (Fsp3) is 0.118. The minimum absolute atomic E-state index is 0.00745. The van der Waals surface area contributed by atoms with E-state index in [1.807, 2.05) is 0 Å². The average Bonchev–Trinajstić information content (AvgIpc) is 3.14. The average molecular weight is 418 g/mol. The SMILES string of the molecule is Cc1ccc(S(N)(=O)=O)cc1C(=O)OCc1nnc(-c2ccc([N+](=O)[O-])cc2)o1. The van der Waals surface area contributed by atoms with Crippen molar-refractivity contribution in [2.24, 2.45) is 5.14 Å². The van der Waals surface area contributed by atoms with Gasteiger partial charge in [0.05, 0.1) is 15.4 Å². The standard InChI is InChI=1S/C17H14N4O7S/c1-10-2-7-13(29(18,25)26)8-14(10)17(22)27-9-15-19-20-16(28-15)11-3-5-12(6-4-11)21(23)24/h2-8H,9H2,1H3,(H2,18,25,26). The molecule has 0 amide bonds. The fourth-order valence-electron chi connectivity index (χ4n) is 2.36. The predicted molar refractivity (Wildman–Crippen MR) is 98.1 cm³/mol. The number of primary sulfonamides is 1. The third-order valence-corrected chi connectivity index (χ3v) is 4.79. The zero-order chi connectivity index (χ0) is 21.2. The highest BCUT2D eigenvalue weighted by molar-refractivity contribution is 7.89. The summed E-state index contributed by atoms with van der Waals surface area (Å²) in [7, 11) is -3.97. The Bertz CT molecular complexity index is 1190. The lowest BCUT2D eigenvalue weighted by Crippen LogP contribution is -2.14. The van der Waals surface area contributed by atoms with Gasteiger partial charge < -0.3 is 9.15 Å². The number of hydrogen-bond acceptors (Lipinski definition) is 9. The molecule has 0 unspecified atom stereocenters. The number of ether oxygens (including phenoxy) is 1. The predicted octanol–water partition coefficient (Wildman–Crippen LogP) is 1.96. The summed E-state index contributed by atoms with van der Waals surface area (Å²) in [5.74, 6) is -0.701. The number of non-ortho nitro benzene ring substituents is 1. The van der Waals surface area contributed by atoms with Crippen molar-refractivity contribution in [3.63, 3.8) is 0 Å². The molecule has 150 valence electrons. The summed E-state index contributed by atoms with van der Waals surface area (Å²) in [4.78, 5) is 22.2. The first-order valence-electron chi connectivity index (χ1n) is 8.03. The maximum absolute atomic E-state index is 12.3. The first-order chi connectivity index (χ1) is 13.6. The molecule has 2 aromatic carbocycles. The van der Waals surface area contributed by atoms with Gasteiger partial charge >= 0.3 is 5.97 Å². The van der Waals surface area contributed by atoms with Crippen molar-refractivity contribution in [3.8, 4) is 11.5 Å². The summed E-state index contributed by atoms with van der Waals surface area (Å²) in [5.41, 5.74) is 0.906. The van der Waals surface area contributed by atoms with Crippen molar-refractivity contribution >= 4 is 21.7 Å². The molecule has 0 atom stereocenters. The zero-order valence-electron chi connectivity index (χ0n) is 14.9. The molecule has 0 fully saturated rings. The van der Waals surface area contributed by atoms with E-state index in [1.165, 1.54) is 36.4 Å². The normalized spacial score (nSPS) is 11.2. The summed E-state index contributed by atoms with van der Waals surface area (Å²) in [6.07, 6.45) is 0. The number of rotatable bonds is 6. The lowest BCUT2D eigenvalue weighted by Gasteiger charge is -2.07. The first-order valence-corrected chi connectivity index (χ1v) is 9.57. The van der Waals surface area contributed by atoms with Gasteiger partial charge in [0.25, 0.3) is 11.6 Å². The Morgan fingerprint density at radius 1 is 1.21 bits per heavy atom. The Morgan fingerprint density at radius 3 is 2.52 bits per heavy atom. The van der Waals surface area contributed by atoms with Gasteiger partial charge in [-0.2, -0.15) is 0 Å². The van der Waals surface area contributed by atoms with Crippen molar-refractivity contribution in [3.05, 3.63) is 69.6 Å². The maximum Gasteiger partial charge on any atom is 0.338 e. The van der Waals surface area contributed by atoms with E-state index >= 15 is 0 Å². The molecule has 0 saturated heterocycles. The largest absolute Gasteiger partial charge is 0.452 e. The Hall–Kier alpha value is -3.64. The van der Waals surface area contributed by atoms with Crippen LogP contribution in [-0.4, -0.2) is 29.5 Å². The highest BCUT2D eigenvalue weighted by Gasteiger charge is 2.18. The molecule has 0 radical (unpaired) electrons. The Labute approximate surface area is 164 Å². The van der Waals surface area contributed by atoms with Crippen LogP contribution in [0, 0.1) is 17.0 Å². The lowest BCUT2D eigenvalue weighted by molar-refractivity contribution is -0.384. The summed E-state index contributed by atoms with van der Waals surface area (Å²) in [5, 5.41) is 23.3. The maximum atomic E-state index is 12.3. The number of carbonyl (C=O) groups is 1. The third-order valence-electron chi connectivity index (χ3n) is 3.88. The molecule has 1 aromatic heterocycles. The van der Waals surface area contributed by atoms with Crippen LogP contribution in [0.15, 0.2) is 51.8 Å². The summed E-state index contributed by atoms with van der Waals surface area (Å²) >= 11 is 0. The molecular formula is C17H14N4O7S. The first kappa shape index (κ1) is 20.1. The Kier molecular flexibility index (Phi) is 5.39. The van der Waals surface area contributed by atoms with Crippen molar-refractivity contribution in [1.29, 1.82) is 0 Å². The topological polar surface area (TPSA) is 169 Å². The molecule has 2 N–H and O–H groups in total. The second-order valence-electron chi connectivity index (χ2n) is 5.90. The number of aromatic nitrogens is 2. The number of nitrogens with two attached hydrogens (primary N) is 1. The van der Waals surface area contributed by atoms with Gasteiger partial charge in [-0.3, -0.25) is 10.1 Å². The molecule has 0 aliphatic carbocycles. The van der Waals surface area contributed by atoms with Crippen LogP contribution in [0.25, 0.3) is 11.5 Å². The monoisotopic (exact) mass is 418 g/mol. The summed E-state index contributed by atoms with van der Waals surface area (Å²) in [6.45, 7) is 1.26. The van der Waals surface area contributed by atoms with Crippen LogP contribution in [0.3, 0.4) is 0 Å². The van der Waals surface area contributed by atoms with E-state index in [2.05, 4.69) is 10.2 Å². The number of nitro groups is 1. The van der Waals surface area contributed by atoms with Gasteiger partial charge in [-0.05, 0) is 36.8 Å². The minimum Gasteiger partial charge on any atom is -0.452 e. The van der Waals surface area contributed by atoms with Crippen LogP contribution >= 0.6 is 0 Å². The van der Waals surface area contributed by atoms with E-state index in [0.29, 0.717) is 11.1 Å². The molecule has 0 spiro atoms. The van der Waals surface area contributed by atoms with E-state index in [9.17, 15) is 23.3 Å². The van der Waals surface area contributed by atoms with Crippen LogP contribution < -0.4 is 5.14 Å². The number of aryl methyl sites for hydroxylation is 1. The van der Waals surface area contributed by atoms with Crippen LogP contribution in [0.4, 0.5) is 5.69 Å². The van der Waals surface area contributed by atoms with Crippen LogP contribution in [0.1, 0.15) is 21.8 Å². The summed E-state index contributed by atoms with van der Waals surface area (Å²) < 4.78 is 33.4. The second-order valence-corrected chi connectivity index (χ2v) is 7.46.